The van der Waals surface area contributed by atoms with Crippen LogP contribution in [0.4, 0.5) is 0 Å². The molecule has 4 atom stereocenters. The lowest BCUT2D eigenvalue weighted by Crippen LogP contribution is -2.49. The highest BCUT2D eigenvalue weighted by molar-refractivity contribution is 4.95. The average Bonchev–Trinajstić information content (AvgIpc) is 3.12. The number of hydrogen-bond donors (Lipinski definition) is 2. The minimum atomic E-state index is 0.768. The number of nitrogens with one attached hydrogen (secondary N) is 2. The van der Waals surface area contributed by atoms with E-state index in [0.29, 0.717) is 0 Å². The van der Waals surface area contributed by atoms with Gasteiger partial charge in [-0.15, -0.1) is 0 Å². The Morgan fingerprint density at radius 3 is 2.59 bits per heavy atom. The molecule has 17 heavy (non-hydrogen) atoms. The first-order valence-electron chi connectivity index (χ1n) is 7.84. The van der Waals surface area contributed by atoms with Gasteiger partial charge < -0.3 is 10.6 Å². The van der Waals surface area contributed by atoms with Crippen molar-refractivity contribution in [3.05, 3.63) is 0 Å². The van der Waals surface area contributed by atoms with Gasteiger partial charge in [0.1, 0.15) is 0 Å². The second-order valence-electron chi connectivity index (χ2n) is 6.55. The van der Waals surface area contributed by atoms with Crippen molar-refractivity contribution < 1.29 is 0 Å². The van der Waals surface area contributed by atoms with Crippen LogP contribution in [0, 0.1) is 11.8 Å². The fourth-order valence-electron chi connectivity index (χ4n) is 3.99. The Balaban J connectivity index is 1.54. The van der Waals surface area contributed by atoms with Crippen molar-refractivity contribution in [3.8, 4) is 0 Å². The van der Waals surface area contributed by atoms with Gasteiger partial charge in [0.2, 0.25) is 0 Å². The zero-order valence-electron chi connectivity index (χ0n) is 11.3. The van der Waals surface area contributed by atoms with E-state index in [-0.39, 0.29) is 0 Å². The molecule has 0 aromatic heterocycles. The van der Waals surface area contributed by atoms with Crippen LogP contribution >= 0.6 is 0 Å². The maximum atomic E-state index is 3.95. The van der Waals surface area contributed by atoms with Crippen molar-refractivity contribution >= 4 is 0 Å². The molecule has 2 N–H and O–H groups in total. The van der Waals surface area contributed by atoms with Gasteiger partial charge in [0.15, 0.2) is 0 Å². The van der Waals surface area contributed by atoms with E-state index in [0.717, 1.165) is 30.0 Å². The normalized spacial score (nSPS) is 40.4. The molecule has 3 aliphatic rings. The second kappa shape index (κ2) is 5.27. The summed E-state index contributed by atoms with van der Waals surface area (Å²) in [5.41, 5.74) is 0. The minimum absolute atomic E-state index is 0.768. The van der Waals surface area contributed by atoms with E-state index in [1.54, 1.807) is 0 Å². The lowest BCUT2D eigenvalue weighted by molar-refractivity contribution is 0.244. The van der Waals surface area contributed by atoms with Crippen LogP contribution in [0.2, 0.25) is 0 Å². The molecule has 1 heterocycles. The highest BCUT2D eigenvalue weighted by Crippen LogP contribution is 2.36. The maximum Gasteiger partial charge on any atom is 0.0113 e. The summed E-state index contributed by atoms with van der Waals surface area (Å²) in [6.07, 6.45) is 11.5. The van der Waals surface area contributed by atoms with Gasteiger partial charge in [-0.05, 0) is 63.8 Å². The Morgan fingerprint density at radius 2 is 1.88 bits per heavy atom. The molecule has 2 saturated carbocycles. The Morgan fingerprint density at radius 1 is 1.00 bits per heavy atom. The van der Waals surface area contributed by atoms with Gasteiger partial charge in [0, 0.05) is 18.1 Å². The third-order valence-corrected chi connectivity index (χ3v) is 5.24. The highest BCUT2D eigenvalue weighted by atomic mass is 15.0. The third kappa shape index (κ3) is 2.85. The van der Waals surface area contributed by atoms with Gasteiger partial charge in [-0.25, -0.2) is 0 Å². The predicted octanol–water partition coefficient (Wildman–Crippen LogP) is 2.69. The van der Waals surface area contributed by atoms with Gasteiger partial charge in [-0.3, -0.25) is 0 Å². The first kappa shape index (κ1) is 12.0. The Hall–Kier alpha value is -0.0800. The molecule has 0 spiro atoms. The number of piperidine rings is 1. The molecule has 3 fully saturated rings. The van der Waals surface area contributed by atoms with Crippen LogP contribution in [0.5, 0.6) is 0 Å². The smallest absolute Gasteiger partial charge is 0.0113 e. The van der Waals surface area contributed by atoms with Gasteiger partial charge in [0.25, 0.3) is 0 Å². The van der Waals surface area contributed by atoms with Crippen LogP contribution in [-0.2, 0) is 0 Å². The molecule has 1 aliphatic heterocycles. The minimum Gasteiger partial charge on any atom is -0.314 e. The van der Waals surface area contributed by atoms with Gasteiger partial charge >= 0.3 is 0 Å². The van der Waals surface area contributed by atoms with Crippen molar-refractivity contribution in [2.75, 3.05) is 6.54 Å². The molecule has 2 aliphatic carbocycles. The summed E-state index contributed by atoms with van der Waals surface area (Å²) in [4.78, 5) is 0. The van der Waals surface area contributed by atoms with E-state index in [1.165, 1.54) is 57.9 Å². The van der Waals surface area contributed by atoms with Crippen LogP contribution in [0.1, 0.15) is 58.3 Å². The summed E-state index contributed by atoms with van der Waals surface area (Å²) in [6.45, 7) is 3.66. The monoisotopic (exact) mass is 236 g/mol. The topological polar surface area (TPSA) is 24.1 Å². The molecule has 0 amide bonds. The highest BCUT2D eigenvalue weighted by Gasteiger charge is 2.37. The fourth-order valence-corrected chi connectivity index (χ4v) is 3.99. The Kier molecular flexibility index (Phi) is 3.72. The van der Waals surface area contributed by atoms with E-state index < -0.39 is 0 Å². The largest absolute Gasteiger partial charge is 0.314 e. The van der Waals surface area contributed by atoms with E-state index in [1.807, 2.05) is 0 Å². The quantitative estimate of drug-likeness (QED) is 0.784. The SMILES string of the molecule is CC(NC1CCCC1C1CCCCN1)C1CC1. The molecule has 98 valence electrons. The molecule has 0 aromatic carbocycles. The van der Waals surface area contributed by atoms with Crippen molar-refractivity contribution in [2.24, 2.45) is 11.8 Å². The summed E-state index contributed by atoms with van der Waals surface area (Å²) < 4.78 is 0. The second-order valence-corrected chi connectivity index (χ2v) is 6.55. The van der Waals surface area contributed by atoms with E-state index >= 15 is 0 Å². The first-order valence-corrected chi connectivity index (χ1v) is 7.84. The maximum absolute atomic E-state index is 3.95. The Labute approximate surface area is 106 Å². The van der Waals surface area contributed by atoms with E-state index in [4.69, 9.17) is 0 Å². The lowest BCUT2D eigenvalue weighted by Gasteiger charge is -2.34. The van der Waals surface area contributed by atoms with E-state index in [9.17, 15) is 0 Å². The van der Waals surface area contributed by atoms with Crippen molar-refractivity contribution in [2.45, 2.75) is 76.4 Å². The lowest BCUT2D eigenvalue weighted by atomic mass is 9.88. The van der Waals surface area contributed by atoms with Crippen LogP contribution in [0.3, 0.4) is 0 Å². The summed E-state index contributed by atoms with van der Waals surface area (Å²) in [5, 5.41) is 7.72. The van der Waals surface area contributed by atoms with Crippen LogP contribution in [0.15, 0.2) is 0 Å². The zero-order valence-corrected chi connectivity index (χ0v) is 11.3. The zero-order chi connectivity index (χ0) is 11.7. The third-order valence-electron chi connectivity index (χ3n) is 5.24. The van der Waals surface area contributed by atoms with Crippen molar-refractivity contribution in [1.29, 1.82) is 0 Å². The van der Waals surface area contributed by atoms with Crippen molar-refractivity contribution in [1.82, 2.24) is 10.6 Å². The number of hydrogen-bond acceptors (Lipinski definition) is 2. The van der Waals surface area contributed by atoms with E-state index in [2.05, 4.69) is 17.6 Å². The van der Waals surface area contributed by atoms with Gasteiger partial charge in [0.05, 0.1) is 0 Å². The molecule has 4 unspecified atom stereocenters. The molecular formula is C15H28N2. The van der Waals surface area contributed by atoms with Crippen LogP contribution < -0.4 is 10.6 Å². The predicted molar refractivity (Wildman–Crippen MR) is 72.1 cm³/mol. The molecule has 2 nitrogen and oxygen atoms in total. The molecule has 1 saturated heterocycles. The molecule has 2 heteroatoms. The molecule has 0 radical (unpaired) electrons. The summed E-state index contributed by atoms with van der Waals surface area (Å²) in [6, 6.07) is 2.39. The van der Waals surface area contributed by atoms with Crippen LogP contribution in [-0.4, -0.2) is 24.7 Å². The van der Waals surface area contributed by atoms with Crippen molar-refractivity contribution in [3.63, 3.8) is 0 Å². The summed E-state index contributed by atoms with van der Waals surface area (Å²) in [7, 11) is 0. The van der Waals surface area contributed by atoms with Crippen LogP contribution in [0.25, 0.3) is 0 Å². The standard InChI is InChI=1S/C15H28N2/c1-11(12-8-9-12)17-15-7-4-5-13(15)14-6-2-3-10-16-14/h11-17H,2-10H2,1H3. The summed E-state index contributed by atoms with van der Waals surface area (Å²) in [5.74, 6) is 1.91. The molecular weight excluding hydrogens is 208 g/mol. The van der Waals surface area contributed by atoms with Gasteiger partial charge in [-0.2, -0.15) is 0 Å². The van der Waals surface area contributed by atoms with Gasteiger partial charge in [-0.1, -0.05) is 12.8 Å². The average molecular weight is 236 g/mol. The Bertz CT molecular complexity index is 243. The number of rotatable bonds is 4. The molecule has 0 bridgehead atoms. The fraction of sp³-hybridized carbons (Fsp3) is 1.00. The first-order chi connectivity index (χ1) is 8.34. The summed E-state index contributed by atoms with van der Waals surface area (Å²) >= 11 is 0. The molecule has 3 rings (SSSR count). The molecule has 0 aromatic rings.